The van der Waals surface area contributed by atoms with Crippen LogP contribution in [0.2, 0.25) is 0 Å². The van der Waals surface area contributed by atoms with E-state index >= 15 is 0 Å². The quantitative estimate of drug-likeness (QED) is 0.464. The van der Waals surface area contributed by atoms with E-state index in [-0.39, 0.29) is 11.4 Å². The van der Waals surface area contributed by atoms with Crippen LogP contribution in [0.5, 0.6) is 0 Å². The molecule has 1 amide bonds. The summed E-state index contributed by atoms with van der Waals surface area (Å²) in [4.78, 5) is 15.6. The Kier molecular flexibility index (Phi) is 5.00. The van der Waals surface area contributed by atoms with Crippen molar-refractivity contribution in [3.05, 3.63) is 59.4 Å². The highest BCUT2D eigenvalue weighted by Crippen LogP contribution is 2.50. The van der Waals surface area contributed by atoms with Gasteiger partial charge in [-0.2, -0.15) is 0 Å². The van der Waals surface area contributed by atoms with Crippen molar-refractivity contribution >= 4 is 16.8 Å². The zero-order valence-electron chi connectivity index (χ0n) is 17.4. The third-order valence-electron chi connectivity index (χ3n) is 6.80. The van der Waals surface area contributed by atoms with Crippen LogP contribution in [0.3, 0.4) is 0 Å². The van der Waals surface area contributed by atoms with Crippen molar-refractivity contribution < 1.29 is 31.9 Å². The van der Waals surface area contributed by atoms with Crippen LogP contribution < -0.4 is 5.32 Å². The highest BCUT2D eigenvalue weighted by atomic mass is 19.3. The topological polar surface area (TPSA) is 65.1 Å². The molecule has 1 heterocycles. The lowest BCUT2D eigenvalue weighted by molar-refractivity contribution is -0.159. The molecule has 0 spiro atoms. The Hall–Kier alpha value is -2.94. The Bertz CT molecular complexity index is 1220. The maximum absolute atomic E-state index is 14.5. The van der Waals surface area contributed by atoms with E-state index in [1.54, 1.807) is 0 Å². The van der Waals surface area contributed by atoms with Gasteiger partial charge >= 0.3 is 0 Å². The fourth-order valence-corrected chi connectivity index (χ4v) is 5.12. The van der Waals surface area contributed by atoms with Crippen LogP contribution in [0.4, 0.5) is 22.0 Å². The van der Waals surface area contributed by atoms with E-state index in [4.69, 9.17) is 0 Å². The number of hydrogen-bond donors (Lipinski definition) is 3. The fourth-order valence-electron chi connectivity index (χ4n) is 5.12. The number of hydrogen-bond acceptors (Lipinski definition) is 2. The Morgan fingerprint density at radius 3 is 2.33 bits per heavy atom. The summed E-state index contributed by atoms with van der Waals surface area (Å²) < 4.78 is 68.5. The number of alkyl halides is 2. The SMILES string of the molecule is O=C(NC1(CO)CC(F)(F)C1)[C@H]1C[C@H](c2c(-c3ccc(F)cc3)[nH]c3c(F)cc(F)cc32)C1. The number of aliphatic hydroxyl groups excluding tert-OH is 1. The Morgan fingerprint density at radius 2 is 1.73 bits per heavy atom. The lowest BCUT2D eigenvalue weighted by Crippen LogP contribution is -2.65. The zero-order chi connectivity index (χ0) is 23.5. The summed E-state index contributed by atoms with van der Waals surface area (Å²) in [5.41, 5.74) is 0.550. The molecule has 9 heteroatoms. The van der Waals surface area contributed by atoms with Crippen molar-refractivity contribution in [3.63, 3.8) is 0 Å². The van der Waals surface area contributed by atoms with Crippen LogP contribution in [0.1, 0.15) is 37.2 Å². The number of carbonyl (C=O) groups is 1. The molecule has 2 aromatic carbocycles. The molecule has 0 aliphatic heterocycles. The van der Waals surface area contributed by atoms with Crippen LogP contribution in [-0.2, 0) is 4.79 Å². The highest BCUT2D eigenvalue weighted by molar-refractivity contribution is 5.92. The minimum absolute atomic E-state index is 0.120. The third kappa shape index (κ3) is 3.78. The summed E-state index contributed by atoms with van der Waals surface area (Å²) in [6, 6.07) is 7.59. The Labute approximate surface area is 185 Å². The third-order valence-corrected chi connectivity index (χ3v) is 6.80. The van der Waals surface area contributed by atoms with E-state index in [0.29, 0.717) is 35.0 Å². The number of H-pyrrole nitrogens is 1. The lowest BCUT2D eigenvalue weighted by Gasteiger charge is -2.48. The Balaban J connectivity index is 1.42. The smallest absolute Gasteiger partial charge is 0.252 e. The molecule has 5 rings (SSSR count). The summed E-state index contributed by atoms with van der Waals surface area (Å²) in [5.74, 6) is -5.95. The number of fused-ring (bicyclic) bond motifs is 1. The molecule has 174 valence electrons. The minimum atomic E-state index is -2.90. The van der Waals surface area contributed by atoms with Gasteiger partial charge in [0.05, 0.1) is 23.4 Å². The number of nitrogens with one attached hydrogen (secondary N) is 2. The lowest BCUT2D eigenvalue weighted by atomic mass is 9.68. The molecule has 0 bridgehead atoms. The van der Waals surface area contributed by atoms with Gasteiger partial charge in [0.15, 0.2) is 0 Å². The van der Waals surface area contributed by atoms with E-state index in [0.717, 1.165) is 6.07 Å². The number of rotatable bonds is 5. The highest BCUT2D eigenvalue weighted by Gasteiger charge is 2.57. The first-order valence-corrected chi connectivity index (χ1v) is 10.7. The van der Waals surface area contributed by atoms with E-state index in [9.17, 15) is 31.9 Å². The van der Waals surface area contributed by atoms with Crippen molar-refractivity contribution in [1.29, 1.82) is 0 Å². The van der Waals surface area contributed by atoms with Gasteiger partial charge in [-0.25, -0.2) is 22.0 Å². The summed E-state index contributed by atoms with van der Waals surface area (Å²) in [6.07, 6.45) is -0.506. The number of aromatic nitrogens is 1. The van der Waals surface area contributed by atoms with Gasteiger partial charge in [0.2, 0.25) is 5.91 Å². The number of amides is 1. The standard InChI is InChI=1S/C24H21F5N2O2/c25-15-3-1-12(2-4-15)20-19(17-7-16(26)8-18(27)21(17)30-20)13-5-14(6-13)22(33)31-23(11-32)9-24(28,29)10-23/h1-4,7-8,13-14,30,32H,5-6,9-11H2,(H,31,33)/t13-,14-. The average molecular weight is 464 g/mol. The van der Waals surface area contributed by atoms with Crippen molar-refractivity contribution in [2.45, 2.75) is 43.1 Å². The first kappa shape index (κ1) is 21.9. The number of aromatic amines is 1. The largest absolute Gasteiger partial charge is 0.394 e. The maximum atomic E-state index is 14.5. The van der Waals surface area contributed by atoms with Gasteiger partial charge in [-0.15, -0.1) is 0 Å². The molecule has 2 aliphatic rings. The molecule has 3 N–H and O–H groups in total. The molecule has 2 fully saturated rings. The Morgan fingerprint density at radius 1 is 1.06 bits per heavy atom. The van der Waals surface area contributed by atoms with Gasteiger partial charge in [0.1, 0.15) is 17.5 Å². The number of benzene rings is 2. The average Bonchev–Trinajstić information content (AvgIpc) is 3.05. The summed E-state index contributed by atoms with van der Waals surface area (Å²) in [7, 11) is 0. The van der Waals surface area contributed by atoms with E-state index in [1.165, 1.54) is 30.3 Å². The normalized spacial score (nSPS) is 23.1. The second kappa shape index (κ2) is 7.55. The molecular formula is C24H21F5N2O2. The second-order valence-corrected chi connectivity index (χ2v) is 9.23. The first-order valence-electron chi connectivity index (χ1n) is 10.7. The van der Waals surface area contributed by atoms with E-state index in [2.05, 4.69) is 10.3 Å². The zero-order valence-corrected chi connectivity index (χ0v) is 17.4. The molecule has 0 atom stereocenters. The van der Waals surface area contributed by atoms with Crippen LogP contribution in [0, 0.1) is 23.4 Å². The van der Waals surface area contributed by atoms with Gasteiger partial charge < -0.3 is 15.4 Å². The van der Waals surface area contributed by atoms with Gasteiger partial charge in [0.25, 0.3) is 5.92 Å². The molecule has 4 nitrogen and oxygen atoms in total. The number of carbonyl (C=O) groups excluding carboxylic acids is 1. The van der Waals surface area contributed by atoms with E-state index in [1.807, 2.05) is 0 Å². The molecule has 1 aromatic heterocycles. The summed E-state index contributed by atoms with van der Waals surface area (Å²) in [6.45, 7) is -0.569. The monoisotopic (exact) mass is 464 g/mol. The van der Waals surface area contributed by atoms with Gasteiger partial charge in [-0.1, -0.05) is 0 Å². The molecule has 33 heavy (non-hydrogen) atoms. The molecule has 2 aliphatic carbocycles. The van der Waals surface area contributed by atoms with Crippen molar-refractivity contribution in [3.8, 4) is 11.3 Å². The molecule has 3 aromatic rings. The molecule has 0 saturated heterocycles. The summed E-state index contributed by atoms with van der Waals surface area (Å²) >= 11 is 0. The van der Waals surface area contributed by atoms with Crippen molar-refractivity contribution in [2.24, 2.45) is 5.92 Å². The molecule has 2 saturated carbocycles. The number of aliphatic hydroxyl groups is 1. The van der Waals surface area contributed by atoms with E-state index < -0.39 is 60.2 Å². The van der Waals surface area contributed by atoms with Gasteiger partial charge in [0, 0.05) is 30.2 Å². The second-order valence-electron chi connectivity index (χ2n) is 9.23. The first-order chi connectivity index (χ1) is 15.6. The minimum Gasteiger partial charge on any atom is -0.394 e. The van der Waals surface area contributed by atoms with Gasteiger partial charge in [-0.05, 0) is 60.2 Å². The maximum Gasteiger partial charge on any atom is 0.252 e. The van der Waals surface area contributed by atoms with Gasteiger partial charge in [-0.3, -0.25) is 4.79 Å². The van der Waals surface area contributed by atoms with Crippen LogP contribution in [0.25, 0.3) is 22.2 Å². The molecule has 0 unspecified atom stereocenters. The number of halogens is 5. The molecular weight excluding hydrogens is 443 g/mol. The predicted octanol–water partition coefficient (Wildman–Crippen LogP) is 5.02. The predicted molar refractivity (Wildman–Crippen MR) is 111 cm³/mol. The van der Waals surface area contributed by atoms with Crippen LogP contribution >= 0.6 is 0 Å². The van der Waals surface area contributed by atoms with Crippen molar-refractivity contribution in [2.75, 3.05) is 6.61 Å². The molecule has 0 radical (unpaired) electrons. The van der Waals surface area contributed by atoms with Crippen LogP contribution in [0.15, 0.2) is 36.4 Å². The fraction of sp³-hybridized carbons (Fsp3) is 0.375. The summed E-state index contributed by atoms with van der Waals surface area (Å²) in [5, 5.41) is 12.4. The van der Waals surface area contributed by atoms with Crippen molar-refractivity contribution in [1.82, 2.24) is 10.3 Å². The van der Waals surface area contributed by atoms with Crippen LogP contribution in [-0.4, -0.2) is 34.1 Å².